The minimum atomic E-state index is 0.238. The molecule has 4 aromatic rings. The number of nitrogens with zero attached hydrogens (tertiary/aromatic N) is 3. The van der Waals surface area contributed by atoms with Crippen LogP contribution in [0.3, 0.4) is 0 Å². The van der Waals surface area contributed by atoms with E-state index in [2.05, 4.69) is 20.2 Å². The van der Waals surface area contributed by atoms with Crippen LogP contribution in [0.15, 0.2) is 55.0 Å². The molecule has 0 aliphatic carbocycles. The van der Waals surface area contributed by atoms with Crippen molar-refractivity contribution in [1.82, 2.24) is 20.2 Å². The van der Waals surface area contributed by atoms with Crippen LogP contribution in [0.25, 0.3) is 22.2 Å². The highest BCUT2D eigenvalue weighted by atomic mass is 16.5. The number of fused-ring (bicyclic) bond motifs is 1. The summed E-state index contributed by atoms with van der Waals surface area (Å²) < 4.78 is 11.3. The summed E-state index contributed by atoms with van der Waals surface area (Å²) >= 11 is 0. The lowest BCUT2D eigenvalue weighted by Gasteiger charge is -2.13. The minimum absolute atomic E-state index is 0.238. The summed E-state index contributed by atoms with van der Waals surface area (Å²) in [6.45, 7) is 0.238. The number of rotatable bonds is 6. The second-order valence-corrected chi connectivity index (χ2v) is 5.79. The third-order valence-electron chi connectivity index (χ3n) is 4.23. The van der Waals surface area contributed by atoms with Crippen molar-refractivity contribution < 1.29 is 14.3 Å². The Morgan fingerprint density at radius 1 is 1.11 bits per heavy atom. The van der Waals surface area contributed by atoms with Gasteiger partial charge in [-0.05, 0) is 30.3 Å². The van der Waals surface area contributed by atoms with E-state index in [0.717, 1.165) is 28.5 Å². The fourth-order valence-electron chi connectivity index (χ4n) is 2.95. The van der Waals surface area contributed by atoms with Gasteiger partial charge in [0.25, 0.3) is 0 Å². The number of hydrogen-bond acceptors (Lipinski definition) is 6. The normalized spacial score (nSPS) is 10.7. The van der Waals surface area contributed by atoms with E-state index in [9.17, 15) is 4.79 Å². The number of nitrogens with one attached hydrogen (secondary N) is 1. The molecule has 3 heterocycles. The molecule has 0 atom stereocenters. The third-order valence-corrected chi connectivity index (χ3v) is 4.23. The molecule has 0 saturated carbocycles. The van der Waals surface area contributed by atoms with E-state index < -0.39 is 0 Å². The second kappa shape index (κ2) is 7.25. The number of aromatic amines is 1. The summed E-state index contributed by atoms with van der Waals surface area (Å²) in [5, 5.41) is 7.66. The predicted octanol–water partition coefficient (Wildman–Crippen LogP) is 3.42. The first-order valence-corrected chi connectivity index (χ1v) is 8.29. The Morgan fingerprint density at radius 3 is 2.81 bits per heavy atom. The van der Waals surface area contributed by atoms with E-state index in [1.807, 2.05) is 30.3 Å². The molecule has 0 amide bonds. The molecule has 7 heteroatoms. The maximum Gasteiger partial charge on any atom is 0.222 e. The Balaban J connectivity index is 1.68. The molecule has 7 nitrogen and oxygen atoms in total. The average Bonchev–Trinajstić information content (AvgIpc) is 3.21. The first-order valence-electron chi connectivity index (χ1n) is 8.29. The Hall–Kier alpha value is -3.74. The number of hydrogen-bond donors (Lipinski definition) is 1. The quantitative estimate of drug-likeness (QED) is 0.530. The second-order valence-electron chi connectivity index (χ2n) is 5.79. The number of aldehydes is 1. The summed E-state index contributed by atoms with van der Waals surface area (Å²) in [4.78, 5) is 20.3. The molecule has 0 saturated heterocycles. The molecule has 0 radical (unpaired) electrons. The number of carbonyl (C=O) groups is 1. The van der Waals surface area contributed by atoms with Crippen LogP contribution in [0, 0.1) is 0 Å². The molecular weight excluding hydrogens is 344 g/mol. The van der Waals surface area contributed by atoms with E-state index in [1.165, 1.54) is 0 Å². The lowest BCUT2D eigenvalue weighted by molar-refractivity contribution is 0.112. The van der Waals surface area contributed by atoms with Gasteiger partial charge in [-0.2, -0.15) is 5.10 Å². The van der Waals surface area contributed by atoms with Crippen molar-refractivity contribution in [2.24, 2.45) is 0 Å². The average molecular weight is 360 g/mol. The number of ether oxygens (including phenoxy) is 2. The smallest absolute Gasteiger partial charge is 0.222 e. The summed E-state index contributed by atoms with van der Waals surface area (Å²) in [5.41, 5.74) is 3.44. The van der Waals surface area contributed by atoms with Crippen LogP contribution in [0.1, 0.15) is 15.9 Å². The molecule has 0 bridgehead atoms. The molecular formula is C20H16N4O3. The number of benzene rings is 1. The number of carbonyl (C=O) groups excluding carboxylic acids is 1. The van der Waals surface area contributed by atoms with Crippen molar-refractivity contribution >= 4 is 17.2 Å². The monoisotopic (exact) mass is 360 g/mol. The molecule has 3 aromatic heterocycles. The summed E-state index contributed by atoms with van der Waals surface area (Å²) in [7, 11) is 1.57. The van der Waals surface area contributed by atoms with Gasteiger partial charge in [-0.25, -0.2) is 4.98 Å². The zero-order valence-electron chi connectivity index (χ0n) is 14.5. The molecule has 0 fully saturated rings. The summed E-state index contributed by atoms with van der Waals surface area (Å²) in [6.07, 6.45) is 5.81. The number of aromatic nitrogens is 4. The lowest BCUT2D eigenvalue weighted by atomic mass is 10.1. The Morgan fingerprint density at radius 2 is 1.96 bits per heavy atom. The van der Waals surface area contributed by atoms with Gasteiger partial charge in [-0.15, -0.1) is 0 Å². The molecule has 27 heavy (non-hydrogen) atoms. The van der Waals surface area contributed by atoms with Crippen molar-refractivity contribution in [3.63, 3.8) is 0 Å². The van der Waals surface area contributed by atoms with E-state index in [4.69, 9.17) is 9.47 Å². The van der Waals surface area contributed by atoms with E-state index in [0.29, 0.717) is 22.7 Å². The lowest BCUT2D eigenvalue weighted by Crippen LogP contribution is -2.03. The number of methoxy groups -OCH3 is 1. The third kappa shape index (κ3) is 3.10. The van der Waals surface area contributed by atoms with Crippen LogP contribution >= 0.6 is 0 Å². The van der Waals surface area contributed by atoms with E-state index in [1.54, 1.807) is 31.8 Å². The maximum atomic E-state index is 11.6. The molecule has 0 spiro atoms. The molecule has 0 unspecified atom stereocenters. The van der Waals surface area contributed by atoms with Gasteiger partial charge in [0.15, 0.2) is 6.29 Å². The van der Waals surface area contributed by atoms with Crippen molar-refractivity contribution in [3.05, 3.63) is 66.1 Å². The van der Waals surface area contributed by atoms with Gasteiger partial charge < -0.3 is 9.47 Å². The highest BCUT2D eigenvalue weighted by molar-refractivity contribution is 5.98. The molecule has 0 aliphatic heterocycles. The largest absolute Gasteiger partial charge is 0.488 e. The SMILES string of the molecule is COc1ncccc1-c1ncccc1COc1ccc2cn[nH]c2c1C=O. The highest BCUT2D eigenvalue weighted by Gasteiger charge is 2.14. The zero-order valence-corrected chi connectivity index (χ0v) is 14.5. The van der Waals surface area contributed by atoms with Gasteiger partial charge in [0.1, 0.15) is 12.4 Å². The van der Waals surface area contributed by atoms with Crippen LogP contribution in [-0.2, 0) is 6.61 Å². The first kappa shape index (κ1) is 16.7. The standard InChI is InChI=1S/C20H16N4O3/c1-26-20-15(5-3-9-22-20)18-14(4-2-8-21-18)12-27-17-7-6-13-10-23-24-19(13)16(17)11-25/h2-11H,12H2,1H3,(H,23,24). The van der Waals surface area contributed by atoms with E-state index in [-0.39, 0.29) is 6.61 Å². The predicted molar refractivity (Wildman–Crippen MR) is 99.8 cm³/mol. The highest BCUT2D eigenvalue weighted by Crippen LogP contribution is 2.30. The van der Waals surface area contributed by atoms with Crippen molar-refractivity contribution in [2.75, 3.05) is 7.11 Å². The topological polar surface area (TPSA) is 90.0 Å². The summed E-state index contributed by atoms with van der Waals surface area (Å²) in [6, 6.07) is 11.1. The van der Waals surface area contributed by atoms with Crippen LogP contribution in [0.5, 0.6) is 11.6 Å². The van der Waals surface area contributed by atoms with Crippen molar-refractivity contribution in [2.45, 2.75) is 6.61 Å². The molecule has 4 rings (SSSR count). The summed E-state index contributed by atoms with van der Waals surface area (Å²) in [5.74, 6) is 0.972. The van der Waals surface area contributed by atoms with Gasteiger partial charge >= 0.3 is 0 Å². The fraction of sp³-hybridized carbons (Fsp3) is 0.100. The van der Waals surface area contributed by atoms with Crippen LogP contribution in [-0.4, -0.2) is 33.6 Å². The number of H-pyrrole nitrogens is 1. The van der Waals surface area contributed by atoms with Gasteiger partial charge in [0.2, 0.25) is 5.88 Å². The Kier molecular flexibility index (Phi) is 4.49. The van der Waals surface area contributed by atoms with Crippen LogP contribution < -0.4 is 9.47 Å². The maximum absolute atomic E-state index is 11.6. The van der Waals surface area contributed by atoms with Gasteiger partial charge in [0, 0.05) is 23.3 Å². The van der Waals surface area contributed by atoms with E-state index >= 15 is 0 Å². The molecule has 134 valence electrons. The Labute approximate surface area is 155 Å². The molecule has 1 N–H and O–H groups in total. The number of pyridine rings is 2. The van der Waals surface area contributed by atoms with Gasteiger partial charge in [-0.1, -0.05) is 6.07 Å². The minimum Gasteiger partial charge on any atom is -0.488 e. The van der Waals surface area contributed by atoms with Crippen molar-refractivity contribution in [1.29, 1.82) is 0 Å². The van der Waals surface area contributed by atoms with Gasteiger partial charge in [0.05, 0.1) is 35.6 Å². The zero-order chi connectivity index (χ0) is 18.6. The Bertz CT molecular complexity index is 1110. The molecule has 1 aromatic carbocycles. The van der Waals surface area contributed by atoms with Crippen molar-refractivity contribution in [3.8, 4) is 22.9 Å². The fourth-order valence-corrected chi connectivity index (χ4v) is 2.95. The van der Waals surface area contributed by atoms with Crippen LogP contribution in [0.4, 0.5) is 0 Å². The van der Waals surface area contributed by atoms with Crippen LogP contribution in [0.2, 0.25) is 0 Å². The first-order chi connectivity index (χ1) is 13.3. The van der Waals surface area contributed by atoms with Gasteiger partial charge in [-0.3, -0.25) is 14.9 Å². The molecule has 0 aliphatic rings.